The van der Waals surface area contributed by atoms with Gasteiger partial charge in [-0.2, -0.15) is 0 Å². The maximum absolute atomic E-state index is 3.59. The average Bonchev–Trinajstić information content (AvgIpc) is 2.86. The Morgan fingerprint density at radius 3 is 1.76 bits per heavy atom. The summed E-state index contributed by atoms with van der Waals surface area (Å²) in [6.45, 7) is 4.56. The third kappa shape index (κ3) is 9.41. The second kappa shape index (κ2) is 15.0. The topological polar surface area (TPSA) is 0 Å². The van der Waals surface area contributed by atoms with Gasteiger partial charge in [-0.15, -0.1) is 0 Å². The van der Waals surface area contributed by atoms with E-state index in [1.165, 1.54) is 113 Å². The highest BCUT2D eigenvalue weighted by Crippen LogP contribution is 2.35. The van der Waals surface area contributed by atoms with Gasteiger partial charge < -0.3 is 0 Å². The second-order valence-electron chi connectivity index (χ2n) is 10.2. The third-order valence-corrected chi connectivity index (χ3v) is 7.44. The summed E-state index contributed by atoms with van der Waals surface area (Å²) in [7, 11) is 0. The molecule has 33 heavy (non-hydrogen) atoms. The fourth-order valence-corrected chi connectivity index (χ4v) is 5.16. The lowest BCUT2D eigenvalue weighted by molar-refractivity contribution is 0.384. The van der Waals surface area contributed by atoms with Crippen molar-refractivity contribution in [1.29, 1.82) is 0 Å². The Labute approximate surface area is 204 Å². The number of hydrogen-bond acceptors (Lipinski definition) is 0. The summed E-state index contributed by atoms with van der Waals surface area (Å²) in [4.78, 5) is 0. The van der Waals surface area contributed by atoms with E-state index in [0.717, 1.165) is 5.92 Å². The molecule has 2 aromatic rings. The lowest BCUT2D eigenvalue weighted by atomic mass is 9.78. The monoisotopic (exact) mass is 442 g/mol. The van der Waals surface area contributed by atoms with Crippen molar-refractivity contribution in [2.24, 2.45) is 5.92 Å². The fourth-order valence-electron chi connectivity index (χ4n) is 5.16. The molecule has 0 nitrogen and oxygen atoms in total. The van der Waals surface area contributed by atoms with Gasteiger partial charge in [-0.1, -0.05) is 107 Å². The van der Waals surface area contributed by atoms with Gasteiger partial charge in [0, 0.05) is 11.5 Å². The van der Waals surface area contributed by atoms with Gasteiger partial charge in [0.2, 0.25) is 0 Å². The first-order valence-corrected chi connectivity index (χ1v) is 14.0. The zero-order valence-corrected chi connectivity index (χ0v) is 21.4. The summed E-state index contributed by atoms with van der Waals surface area (Å²) in [5.74, 6) is 8.35. The van der Waals surface area contributed by atoms with E-state index in [4.69, 9.17) is 0 Å². The molecule has 0 aromatic heterocycles. The van der Waals surface area contributed by atoms with Crippen molar-refractivity contribution >= 4 is 0 Å². The molecule has 1 saturated carbocycles. The van der Waals surface area contributed by atoms with Crippen LogP contribution in [0.2, 0.25) is 0 Å². The van der Waals surface area contributed by atoms with Gasteiger partial charge in [0.1, 0.15) is 0 Å². The molecule has 1 aliphatic carbocycles. The van der Waals surface area contributed by atoms with Gasteiger partial charge in [0.15, 0.2) is 0 Å². The lowest BCUT2D eigenvalue weighted by Gasteiger charge is -2.26. The average molecular weight is 443 g/mol. The van der Waals surface area contributed by atoms with Crippen LogP contribution in [-0.4, -0.2) is 0 Å². The molecule has 2 aromatic carbocycles. The minimum Gasteiger partial charge on any atom is -0.0945 e. The molecule has 1 fully saturated rings. The van der Waals surface area contributed by atoms with Crippen LogP contribution in [0.5, 0.6) is 0 Å². The number of benzene rings is 2. The minimum atomic E-state index is 0.567. The van der Waals surface area contributed by atoms with E-state index in [2.05, 4.69) is 74.2 Å². The van der Waals surface area contributed by atoms with E-state index >= 15 is 0 Å². The van der Waals surface area contributed by atoms with Crippen LogP contribution in [-0.2, 0) is 12.8 Å². The van der Waals surface area contributed by atoms with Crippen molar-refractivity contribution in [2.45, 2.75) is 116 Å². The Morgan fingerprint density at radius 1 is 0.606 bits per heavy atom. The zero-order valence-electron chi connectivity index (χ0n) is 21.4. The highest BCUT2D eigenvalue weighted by atomic mass is 14.2. The first kappa shape index (κ1) is 25.6. The van der Waals surface area contributed by atoms with Crippen LogP contribution in [0.4, 0.5) is 0 Å². The lowest BCUT2D eigenvalue weighted by Crippen LogP contribution is -2.12. The van der Waals surface area contributed by atoms with E-state index in [0.29, 0.717) is 5.92 Å². The summed E-state index contributed by atoms with van der Waals surface area (Å²) < 4.78 is 0. The molecule has 0 amide bonds. The summed E-state index contributed by atoms with van der Waals surface area (Å²) in [6.07, 6.45) is 19.7. The predicted molar refractivity (Wildman–Crippen MR) is 145 cm³/mol. The van der Waals surface area contributed by atoms with Crippen molar-refractivity contribution in [3.8, 4) is 11.8 Å². The minimum absolute atomic E-state index is 0.567. The quantitative estimate of drug-likeness (QED) is 0.227. The predicted octanol–water partition coefficient (Wildman–Crippen LogP) is 9.65. The van der Waals surface area contributed by atoms with Gasteiger partial charge in [-0.05, 0) is 86.1 Å². The van der Waals surface area contributed by atoms with Crippen molar-refractivity contribution in [2.75, 3.05) is 0 Å². The molecule has 0 N–H and O–H groups in total. The molecule has 0 heterocycles. The first-order valence-electron chi connectivity index (χ1n) is 14.0. The molecule has 3 rings (SSSR count). The van der Waals surface area contributed by atoms with Crippen LogP contribution in [0.3, 0.4) is 0 Å². The van der Waals surface area contributed by atoms with Crippen LogP contribution < -0.4 is 0 Å². The van der Waals surface area contributed by atoms with Crippen LogP contribution in [0.15, 0.2) is 48.5 Å². The Morgan fingerprint density at radius 2 is 1.12 bits per heavy atom. The maximum atomic E-state index is 3.59. The van der Waals surface area contributed by atoms with Gasteiger partial charge in [-0.3, -0.25) is 0 Å². The highest BCUT2D eigenvalue weighted by molar-refractivity contribution is 5.37. The molecular formula is C33H46. The highest BCUT2D eigenvalue weighted by Gasteiger charge is 2.21. The van der Waals surface area contributed by atoms with Crippen LogP contribution in [0, 0.1) is 17.8 Å². The molecular weight excluding hydrogens is 396 g/mol. The van der Waals surface area contributed by atoms with Crippen molar-refractivity contribution in [1.82, 2.24) is 0 Å². The van der Waals surface area contributed by atoms with E-state index in [1.807, 2.05) is 0 Å². The molecule has 0 aliphatic heterocycles. The Hall–Kier alpha value is -2.00. The molecule has 0 unspecified atom stereocenters. The molecule has 0 heteroatoms. The van der Waals surface area contributed by atoms with Gasteiger partial charge in [0.25, 0.3) is 0 Å². The van der Waals surface area contributed by atoms with Crippen molar-refractivity contribution in [3.05, 3.63) is 70.8 Å². The Bertz CT molecular complexity index is 822. The molecule has 0 saturated heterocycles. The standard InChI is InChI=1S/C33H46/c1-3-5-7-8-9-11-13-28-14-16-30(17-15-28)18-19-31-22-26-33(27-23-31)32-24-20-29(21-25-32)12-10-6-4-2/h14-17,20-21,24-25,31,33H,3-13,22-23,26-27H2,1-2H3/t31-,33-. The summed E-state index contributed by atoms with van der Waals surface area (Å²) >= 11 is 0. The smallest absolute Gasteiger partial charge is 0.0245 e. The number of rotatable bonds is 12. The second-order valence-corrected chi connectivity index (χ2v) is 10.2. The fraction of sp³-hybridized carbons (Fsp3) is 0.576. The van der Waals surface area contributed by atoms with Crippen molar-refractivity contribution < 1.29 is 0 Å². The molecule has 0 radical (unpaired) electrons. The van der Waals surface area contributed by atoms with E-state index in [1.54, 1.807) is 5.56 Å². The maximum Gasteiger partial charge on any atom is 0.0245 e. The van der Waals surface area contributed by atoms with E-state index in [9.17, 15) is 0 Å². The van der Waals surface area contributed by atoms with Crippen LogP contribution in [0.1, 0.15) is 125 Å². The Balaban J connectivity index is 1.38. The van der Waals surface area contributed by atoms with E-state index in [-0.39, 0.29) is 0 Å². The largest absolute Gasteiger partial charge is 0.0945 e. The number of aryl methyl sites for hydroxylation is 2. The molecule has 0 bridgehead atoms. The normalized spacial score (nSPS) is 18.0. The molecule has 1 aliphatic rings. The van der Waals surface area contributed by atoms with Gasteiger partial charge in [-0.25, -0.2) is 0 Å². The van der Waals surface area contributed by atoms with Crippen molar-refractivity contribution in [3.63, 3.8) is 0 Å². The third-order valence-electron chi connectivity index (χ3n) is 7.44. The number of unbranched alkanes of at least 4 members (excludes halogenated alkanes) is 7. The molecule has 0 spiro atoms. The SMILES string of the molecule is CCCCCCCCc1ccc(C#C[C@H]2CC[C@H](c3ccc(CCCCC)cc3)CC2)cc1. The molecule has 178 valence electrons. The Kier molecular flexibility index (Phi) is 11.7. The molecule has 0 atom stereocenters. The number of hydrogen-bond donors (Lipinski definition) is 0. The summed E-state index contributed by atoms with van der Waals surface area (Å²) in [5.41, 5.74) is 5.70. The zero-order chi connectivity index (χ0) is 23.1. The summed E-state index contributed by atoms with van der Waals surface area (Å²) in [6, 6.07) is 18.6. The van der Waals surface area contributed by atoms with Gasteiger partial charge in [0.05, 0.1) is 0 Å². The van der Waals surface area contributed by atoms with Crippen LogP contribution in [0.25, 0.3) is 0 Å². The first-order chi connectivity index (χ1) is 16.3. The van der Waals surface area contributed by atoms with Gasteiger partial charge >= 0.3 is 0 Å². The van der Waals surface area contributed by atoms with E-state index < -0.39 is 0 Å². The summed E-state index contributed by atoms with van der Waals surface area (Å²) in [5, 5.41) is 0. The van der Waals surface area contributed by atoms with Crippen LogP contribution >= 0.6 is 0 Å².